The number of hydrogen-bond acceptors (Lipinski definition) is 4. The minimum Gasteiger partial charge on any atom is -0.489 e. The molecule has 0 radical (unpaired) electrons. The predicted molar refractivity (Wildman–Crippen MR) is 105 cm³/mol. The van der Waals surface area contributed by atoms with E-state index >= 15 is 0 Å². The number of nitrogens with zero attached hydrogens (tertiary/aromatic N) is 2. The van der Waals surface area contributed by atoms with Crippen LogP contribution in [0.1, 0.15) is 17.7 Å². The summed E-state index contributed by atoms with van der Waals surface area (Å²) in [4.78, 5) is 11.9. The lowest BCUT2D eigenvalue weighted by Crippen LogP contribution is -2.31. The highest BCUT2D eigenvalue weighted by molar-refractivity contribution is 7.89. The van der Waals surface area contributed by atoms with Crippen molar-refractivity contribution in [3.63, 3.8) is 0 Å². The van der Waals surface area contributed by atoms with Crippen molar-refractivity contribution in [2.24, 2.45) is 7.05 Å². The highest BCUT2D eigenvalue weighted by Crippen LogP contribution is 2.32. The molecular weight excluding hydrogens is 411 g/mol. The van der Waals surface area contributed by atoms with Crippen molar-refractivity contribution >= 4 is 33.2 Å². The van der Waals surface area contributed by atoms with Crippen molar-refractivity contribution in [1.82, 2.24) is 8.87 Å². The minimum absolute atomic E-state index is 0.0381. The molecule has 146 valence electrons. The average Bonchev–Trinajstić information content (AvgIpc) is 3.05. The van der Waals surface area contributed by atoms with Gasteiger partial charge in [0.05, 0.1) is 11.6 Å². The molecule has 2 heterocycles. The van der Waals surface area contributed by atoms with Crippen LogP contribution in [-0.2, 0) is 17.1 Å². The second-order valence-electron chi connectivity index (χ2n) is 6.65. The molecule has 0 N–H and O–H groups in total. The van der Waals surface area contributed by atoms with E-state index in [-0.39, 0.29) is 28.1 Å². The summed E-state index contributed by atoms with van der Waals surface area (Å²) in [7, 11) is -2.08. The standard InChI is InChI=1S/C18H20Cl2N2O4S/c1-11-6-17(16(20)9-15(11)19)27(24,25)22-5-4-13(10-22)26-14-7-12(2)21(3)18(23)8-14/h6-9,13H,4-5,10H2,1-3H3/t13-/m1/s1. The molecule has 0 bridgehead atoms. The van der Waals surface area contributed by atoms with Crippen molar-refractivity contribution < 1.29 is 13.2 Å². The van der Waals surface area contributed by atoms with Crippen LogP contribution in [0.5, 0.6) is 5.75 Å². The Morgan fingerprint density at radius 3 is 2.48 bits per heavy atom. The highest BCUT2D eigenvalue weighted by Gasteiger charge is 2.35. The number of hydrogen-bond donors (Lipinski definition) is 0. The number of sulfonamides is 1. The summed E-state index contributed by atoms with van der Waals surface area (Å²) in [6, 6.07) is 6.10. The average molecular weight is 431 g/mol. The smallest absolute Gasteiger partial charge is 0.254 e. The van der Waals surface area contributed by atoms with Gasteiger partial charge < -0.3 is 9.30 Å². The third-order valence-corrected chi connectivity index (χ3v) is 7.46. The Balaban J connectivity index is 1.79. The molecule has 0 amide bonds. The van der Waals surface area contributed by atoms with Gasteiger partial charge in [-0.15, -0.1) is 0 Å². The van der Waals surface area contributed by atoms with Crippen molar-refractivity contribution in [2.75, 3.05) is 13.1 Å². The number of halogens is 2. The topological polar surface area (TPSA) is 68.6 Å². The van der Waals surface area contributed by atoms with E-state index in [1.165, 1.54) is 27.1 Å². The molecule has 1 aromatic heterocycles. The van der Waals surface area contributed by atoms with Crippen LogP contribution < -0.4 is 10.3 Å². The molecule has 27 heavy (non-hydrogen) atoms. The number of ether oxygens (including phenoxy) is 1. The monoisotopic (exact) mass is 430 g/mol. The van der Waals surface area contributed by atoms with E-state index in [0.717, 1.165) is 5.69 Å². The largest absolute Gasteiger partial charge is 0.489 e. The lowest BCUT2D eigenvalue weighted by Gasteiger charge is -2.19. The molecule has 1 aliphatic rings. The summed E-state index contributed by atoms with van der Waals surface area (Å²) in [5, 5.41) is 0.514. The Labute approximate surface area is 168 Å². The molecule has 1 saturated heterocycles. The maximum absolute atomic E-state index is 13.0. The van der Waals surface area contributed by atoms with Crippen molar-refractivity contribution in [2.45, 2.75) is 31.3 Å². The fourth-order valence-corrected chi connectivity index (χ4v) is 5.27. The van der Waals surface area contributed by atoms with Gasteiger partial charge in [-0.25, -0.2) is 8.42 Å². The fourth-order valence-electron chi connectivity index (χ4n) is 2.98. The first kappa shape index (κ1) is 20.2. The van der Waals surface area contributed by atoms with Gasteiger partial charge in [0, 0.05) is 30.4 Å². The van der Waals surface area contributed by atoms with Gasteiger partial charge in [-0.05, 0) is 44.0 Å². The summed E-state index contributed by atoms with van der Waals surface area (Å²) in [6.45, 7) is 4.04. The summed E-state index contributed by atoms with van der Waals surface area (Å²) < 4.78 is 34.6. The zero-order valence-electron chi connectivity index (χ0n) is 15.2. The number of rotatable bonds is 4. The predicted octanol–water partition coefficient (Wildman–Crippen LogP) is 3.15. The van der Waals surface area contributed by atoms with Gasteiger partial charge >= 0.3 is 0 Å². The summed E-state index contributed by atoms with van der Waals surface area (Å²) >= 11 is 12.1. The first-order valence-electron chi connectivity index (χ1n) is 8.39. The number of pyridine rings is 1. The van der Waals surface area contributed by atoms with Gasteiger partial charge in [0.2, 0.25) is 10.0 Å². The van der Waals surface area contributed by atoms with Crippen LogP contribution in [-0.4, -0.2) is 36.5 Å². The van der Waals surface area contributed by atoms with Gasteiger partial charge in [-0.2, -0.15) is 4.31 Å². The molecule has 2 aromatic rings. The molecule has 1 atom stereocenters. The van der Waals surface area contributed by atoms with Crippen LogP contribution in [0.4, 0.5) is 0 Å². The van der Waals surface area contributed by atoms with Crippen LogP contribution in [0.2, 0.25) is 10.0 Å². The SMILES string of the molecule is Cc1cc(S(=O)(=O)N2CC[C@@H](Oc3cc(C)n(C)c(=O)c3)C2)c(Cl)cc1Cl. The van der Waals surface area contributed by atoms with E-state index in [1.807, 2.05) is 6.92 Å². The van der Waals surface area contributed by atoms with Crippen LogP contribution in [0, 0.1) is 13.8 Å². The Bertz CT molecular complexity index is 1050. The Kier molecular flexibility index (Phi) is 5.59. The van der Waals surface area contributed by atoms with Crippen LogP contribution in [0.25, 0.3) is 0 Å². The quantitative estimate of drug-likeness (QED) is 0.746. The third-order valence-electron chi connectivity index (χ3n) is 4.72. The van der Waals surface area contributed by atoms with Crippen LogP contribution >= 0.6 is 23.2 Å². The summed E-state index contributed by atoms with van der Waals surface area (Å²) in [5.74, 6) is 0.445. The summed E-state index contributed by atoms with van der Waals surface area (Å²) in [5.41, 5.74) is 1.24. The van der Waals surface area contributed by atoms with Gasteiger partial charge in [-0.1, -0.05) is 23.2 Å². The van der Waals surface area contributed by atoms with E-state index in [0.29, 0.717) is 29.3 Å². The van der Waals surface area contributed by atoms with E-state index in [4.69, 9.17) is 27.9 Å². The second-order valence-corrected chi connectivity index (χ2v) is 9.37. The molecular formula is C18H20Cl2N2O4S. The van der Waals surface area contributed by atoms with Gasteiger partial charge in [0.1, 0.15) is 16.7 Å². The van der Waals surface area contributed by atoms with Crippen molar-refractivity contribution in [1.29, 1.82) is 0 Å². The van der Waals surface area contributed by atoms with Gasteiger partial charge in [-0.3, -0.25) is 4.79 Å². The first-order valence-corrected chi connectivity index (χ1v) is 10.6. The Hall–Kier alpha value is -1.54. The molecule has 9 heteroatoms. The molecule has 0 spiro atoms. The first-order chi connectivity index (χ1) is 12.6. The third kappa shape index (κ3) is 4.01. The zero-order chi connectivity index (χ0) is 19.9. The maximum Gasteiger partial charge on any atom is 0.254 e. The molecule has 0 saturated carbocycles. The highest BCUT2D eigenvalue weighted by atomic mass is 35.5. The minimum atomic E-state index is -3.76. The van der Waals surface area contributed by atoms with Crippen LogP contribution in [0.15, 0.2) is 34.0 Å². The summed E-state index contributed by atoms with van der Waals surface area (Å²) in [6.07, 6.45) is 0.191. The molecule has 1 fully saturated rings. The Morgan fingerprint density at radius 2 is 1.81 bits per heavy atom. The van der Waals surface area contributed by atoms with Crippen molar-refractivity contribution in [3.05, 3.63) is 55.9 Å². The van der Waals surface area contributed by atoms with Gasteiger partial charge in [0.15, 0.2) is 0 Å². The van der Waals surface area contributed by atoms with Gasteiger partial charge in [0.25, 0.3) is 5.56 Å². The van der Waals surface area contributed by atoms with Crippen molar-refractivity contribution in [3.8, 4) is 5.75 Å². The molecule has 0 aliphatic carbocycles. The lowest BCUT2D eigenvalue weighted by atomic mass is 10.2. The molecule has 1 aromatic carbocycles. The van der Waals surface area contributed by atoms with E-state index in [2.05, 4.69) is 0 Å². The normalized spacial score (nSPS) is 18.0. The van der Waals surface area contributed by atoms with E-state index in [1.54, 1.807) is 20.0 Å². The molecule has 6 nitrogen and oxygen atoms in total. The lowest BCUT2D eigenvalue weighted by molar-refractivity contribution is 0.214. The van der Waals surface area contributed by atoms with E-state index in [9.17, 15) is 13.2 Å². The number of aryl methyl sites for hydroxylation is 2. The number of benzene rings is 1. The van der Waals surface area contributed by atoms with E-state index < -0.39 is 10.0 Å². The van der Waals surface area contributed by atoms with Crippen LogP contribution in [0.3, 0.4) is 0 Å². The number of aromatic nitrogens is 1. The molecule has 3 rings (SSSR count). The molecule has 0 unspecified atom stereocenters. The maximum atomic E-state index is 13.0. The molecule has 1 aliphatic heterocycles. The Morgan fingerprint density at radius 1 is 1.11 bits per heavy atom. The second kappa shape index (κ2) is 7.47. The fraction of sp³-hybridized carbons (Fsp3) is 0.389. The zero-order valence-corrected chi connectivity index (χ0v) is 17.5.